The zero-order valence-electron chi connectivity index (χ0n) is 18.1. The SMILES string of the molecule is CCn1c(COc2ccc(F)cc2)nnc1SCC(=O)Nc1nc(C)c(C(=O)N(C)C)s1. The molecule has 0 aliphatic heterocycles. The Kier molecular flexibility index (Phi) is 7.80. The molecule has 12 heteroatoms. The maximum atomic E-state index is 13.0. The minimum absolute atomic E-state index is 0.104. The summed E-state index contributed by atoms with van der Waals surface area (Å²) in [5.74, 6) is 0.480. The number of nitrogens with one attached hydrogen (secondary N) is 1. The number of aromatic nitrogens is 4. The molecule has 0 saturated carbocycles. The van der Waals surface area contributed by atoms with Gasteiger partial charge in [0.15, 0.2) is 16.1 Å². The van der Waals surface area contributed by atoms with Gasteiger partial charge in [0.25, 0.3) is 5.91 Å². The highest BCUT2D eigenvalue weighted by atomic mass is 32.2. The van der Waals surface area contributed by atoms with Gasteiger partial charge in [-0.1, -0.05) is 23.1 Å². The van der Waals surface area contributed by atoms with E-state index in [1.807, 2.05) is 11.5 Å². The fourth-order valence-corrected chi connectivity index (χ4v) is 4.49. The molecule has 2 amide bonds. The van der Waals surface area contributed by atoms with Gasteiger partial charge >= 0.3 is 0 Å². The van der Waals surface area contributed by atoms with E-state index in [-0.39, 0.29) is 30.0 Å². The maximum Gasteiger partial charge on any atom is 0.265 e. The van der Waals surface area contributed by atoms with Gasteiger partial charge in [0, 0.05) is 20.6 Å². The fraction of sp³-hybridized carbons (Fsp3) is 0.350. The van der Waals surface area contributed by atoms with Crippen molar-refractivity contribution in [1.82, 2.24) is 24.6 Å². The van der Waals surface area contributed by atoms with Gasteiger partial charge in [0.2, 0.25) is 5.91 Å². The molecule has 0 unspecified atom stereocenters. The lowest BCUT2D eigenvalue weighted by Crippen LogP contribution is -2.21. The molecule has 9 nitrogen and oxygen atoms in total. The Balaban J connectivity index is 1.57. The highest BCUT2D eigenvalue weighted by Crippen LogP contribution is 2.24. The molecule has 1 N–H and O–H groups in total. The number of rotatable bonds is 9. The number of hydrogen-bond acceptors (Lipinski definition) is 8. The normalized spacial score (nSPS) is 10.8. The molecule has 2 heterocycles. The molecular formula is C20H23FN6O3S2. The number of thiazole rings is 1. The van der Waals surface area contributed by atoms with Gasteiger partial charge in [-0.05, 0) is 38.1 Å². The van der Waals surface area contributed by atoms with Gasteiger partial charge in [-0.15, -0.1) is 10.2 Å². The van der Waals surface area contributed by atoms with E-state index in [1.165, 1.54) is 28.8 Å². The van der Waals surface area contributed by atoms with Crippen LogP contribution in [0.3, 0.4) is 0 Å². The average molecular weight is 479 g/mol. The number of nitrogens with zero attached hydrogens (tertiary/aromatic N) is 5. The van der Waals surface area contributed by atoms with Crippen LogP contribution in [0.5, 0.6) is 5.75 Å². The molecule has 0 spiro atoms. The van der Waals surface area contributed by atoms with E-state index in [9.17, 15) is 14.0 Å². The lowest BCUT2D eigenvalue weighted by molar-refractivity contribution is -0.113. The lowest BCUT2D eigenvalue weighted by atomic mass is 10.3. The minimum atomic E-state index is -0.334. The Morgan fingerprint density at radius 3 is 2.62 bits per heavy atom. The molecule has 0 bridgehead atoms. The molecule has 2 aromatic heterocycles. The van der Waals surface area contributed by atoms with Crippen molar-refractivity contribution >= 4 is 40.0 Å². The van der Waals surface area contributed by atoms with Crippen LogP contribution in [0.1, 0.15) is 28.1 Å². The number of benzene rings is 1. The summed E-state index contributed by atoms with van der Waals surface area (Å²) in [5.41, 5.74) is 0.577. The first kappa shape index (κ1) is 23.7. The van der Waals surface area contributed by atoms with Crippen LogP contribution in [0.2, 0.25) is 0 Å². The first-order chi connectivity index (χ1) is 15.3. The van der Waals surface area contributed by atoms with Gasteiger partial charge in [0.1, 0.15) is 23.1 Å². The second kappa shape index (κ2) is 10.6. The van der Waals surface area contributed by atoms with Crippen LogP contribution in [0.15, 0.2) is 29.4 Å². The first-order valence-corrected chi connectivity index (χ1v) is 11.5. The number of halogens is 1. The van der Waals surface area contributed by atoms with E-state index in [0.717, 1.165) is 11.3 Å². The zero-order chi connectivity index (χ0) is 23.3. The summed E-state index contributed by atoms with van der Waals surface area (Å²) in [7, 11) is 3.33. The molecule has 3 rings (SSSR count). The summed E-state index contributed by atoms with van der Waals surface area (Å²) in [4.78, 5) is 30.7. The van der Waals surface area contributed by atoms with E-state index < -0.39 is 0 Å². The van der Waals surface area contributed by atoms with E-state index in [1.54, 1.807) is 33.2 Å². The second-order valence-corrected chi connectivity index (χ2v) is 8.80. The van der Waals surface area contributed by atoms with Gasteiger partial charge in [0.05, 0.1) is 11.4 Å². The number of hydrogen-bond donors (Lipinski definition) is 1. The van der Waals surface area contributed by atoms with Crippen molar-refractivity contribution in [3.63, 3.8) is 0 Å². The van der Waals surface area contributed by atoms with E-state index in [2.05, 4.69) is 20.5 Å². The quantitative estimate of drug-likeness (QED) is 0.471. The minimum Gasteiger partial charge on any atom is -0.486 e. The van der Waals surface area contributed by atoms with Crippen LogP contribution in [-0.2, 0) is 17.9 Å². The third-order valence-corrected chi connectivity index (χ3v) is 6.29. The predicted octanol–water partition coefficient (Wildman–Crippen LogP) is 3.21. The molecule has 3 aromatic rings. The van der Waals surface area contributed by atoms with Crippen LogP contribution in [0.4, 0.5) is 9.52 Å². The molecule has 170 valence electrons. The Hall–Kier alpha value is -2.99. The Morgan fingerprint density at radius 1 is 1.25 bits per heavy atom. The highest BCUT2D eigenvalue weighted by Gasteiger charge is 2.19. The number of thioether (sulfide) groups is 1. The second-order valence-electron chi connectivity index (χ2n) is 6.86. The molecule has 0 atom stereocenters. The summed E-state index contributed by atoms with van der Waals surface area (Å²) in [5, 5.41) is 12.0. The van der Waals surface area contributed by atoms with E-state index in [4.69, 9.17) is 4.74 Å². The third-order valence-electron chi connectivity index (χ3n) is 4.27. The largest absolute Gasteiger partial charge is 0.486 e. The maximum absolute atomic E-state index is 13.0. The van der Waals surface area contributed by atoms with Gasteiger partial charge in [-0.2, -0.15) is 0 Å². The average Bonchev–Trinajstić information content (AvgIpc) is 3.33. The smallest absolute Gasteiger partial charge is 0.265 e. The molecule has 32 heavy (non-hydrogen) atoms. The molecule has 0 aliphatic carbocycles. The highest BCUT2D eigenvalue weighted by molar-refractivity contribution is 7.99. The van der Waals surface area contributed by atoms with Crippen molar-refractivity contribution in [3.8, 4) is 5.75 Å². The molecular weight excluding hydrogens is 455 g/mol. The summed E-state index contributed by atoms with van der Waals surface area (Å²) < 4.78 is 20.5. The predicted molar refractivity (Wildman–Crippen MR) is 121 cm³/mol. The summed E-state index contributed by atoms with van der Waals surface area (Å²) in [6.07, 6.45) is 0. The van der Waals surface area contributed by atoms with Crippen molar-refractivity contribution < 1.29 is 18.7 Å². The van der Waals surface area contributed by atoms with Crippen molar-refractivity contribution in [2.45, 2.75) is 32.2 Å². The molecule has 0 aliphatic rings. The third kappa shape index (κ3) is 5.82. The van der Waals surface area contributed by atoms with Crippen molar-refractivity contribution in [2.24, 2.45) is 0 Å². The topological polar surface area (TPSA) is 102 Å². The van der Waals surface area contributed by atoms with Crippen LogP contribution < -0.4 is 10.1 Å². The Morgan fingerprint density at radius 2 is 1.97 bits per heavy atom. The number of carbonyl (C=O) groups excluding carboxylic acids is 2. The zero-order valence-corrected chi connectivity index (χ0v) is 19.7. The number of aryl methyl sites for hydroxylation is 1. The van der Waals surface area contributed by atoms with E-state index >= 15 is 0 Å². The van der Waals surface area contributed by atoms with Crippen LogP contribution in [0, 0.1) is 12.7 Å². The van der Waals surface area contributed by atoms with Crippen molar-refractivity contribution in [1.29, 1.82) is 0 Å². The molecule has 0 saturated heterocycles. The van der Waals surface area contributed by atoms with Gasteiger partial charge < -0.3 is 19.5 Å². The van der Waals surface area contributed by atoms with Crippen LogP contribution >= 0.6 is 23.1 Å². The Bertz CT molecular complexity index is 1100. The number of anilines is 1. The standard InChI is InChI=1S/C20H23FN6O3S2/c1-5-27-15(10-30-14-8-6-13(21)7-9-14)24-25-20(27)31-11-16(28)23-19-22-12(2)17(32-19)18(29)26(3)4/h6-9H,5,10-11H2,1-4H3,(H,22,23,28). The first-order valence-electron chi connectivity index (χ1n) is 9.70. The van der Waals surface area contributed by atoms with E-state index in [0.29, 0.717) is 39.0 Å². The number of carbonyl (C=O) groups is 2. The van der Waals surface area contributed by atoms with Gasteiger partial charge in [-0.3, -0.25) is 9.59 Å². The van der Waals surface area contributed by atoms with Crippen LogP contribution in [0.25, 0.3) is 0 Å². The molecule has 0 radical (unpaired) electrons. The Labute approximate surface area is 193 Å². The summed E-state index contributed by atoms with van der Waals surface area (Å²) in [6, 6.07) is 5.73. The monoisotopic (exact) mass is 478 g/mol. The molecule has 1 aromatic carbocycles. The number of amides is 2. The summed E-state index contributed by atoms with van der Waals surface area (Å²) in [6.45, 7) is 4.44. The van der Waals surface area contributed by atoms with Crippen molar-refractivity contribution in [3.05, 3.63) is 46.5 Å². The van der Waals surface area contributed by atoms with Crippen LogP contribution in [-0.4, -0.2) is 56.3 Å². The number of ether oxygens (including phenoxy) is 1. The van der Waals surface area contributed by atoms with Crippen molar-refractivity contribution in [2.75, 3.05) is 25.2 Å². The van der Waals surface area contributed by atoms with Gasteiger partial charge in [-0.25, -0.2) is 9.37 Å². The molecule has 0 fully saturated rings. The fourth-order valence-electron chi connectivity index (χ4n) is 2.67. The summed E-state index contributed by atoms with van der Waals surface area (Å²) >= 11 is 2.39. The lowest BCUT2D eigenvalue weighted by Gasteiger charge is -2.09.